The molecule has 10 aromatic carbocycles. The van der Waals surface area contributed by atoms with E-state index >= 15 is 0 Å². The van der Waals surface area contributed by atoms with Gasteiger partial charge in [-0.25, -0.2) is 0 Å². The maximum absolute atomic E-state index is 14.9. The predicted molar refractivity (Wildman–Crippen MR) is 284 cm³/mol. The molecule has 0 N–H and O–H groups in total. The Bertz CT molecular complexity index is 4610. The molecule has 0 aliphatic rings. The Morgan fingerprint density at radius 3 is 1.11 bits per heavy atom. The van der Waals surface area contributed by atoms with Gasteiger partial charge < -0.3 is 18.3 Å². The van der Waals surface area contributed by atoms with Gasteiger partial charge in [0.25, 0.3) is 0 Å². The molecule has 4 aromatic heterocycles. The number of fused-ring (bicyclic) bond motifs is 12. The lowest BCUT2D eigenvalue weighted by Crippen LogP contribution is -2.07. The van der Waals surface area contributed by atoms with Crippen LogP contribution in [0, 0.1) is 22.7 Å². The van der Waals surface area contributed by atoms with Crippen molar-refractivity contribution in [3.63, 3.8) is 0 Å². The van der Waals surface area contributed by atoms with Crippen molar-refractivity contribution in [3.8, 4) is 46.0 Å². The Kier molecular flexibility index (Phi) is 8.77. The van der Waals surface area contributed by atoms with Crippen LogP contribution in [0.1, 0.15) is 16.7 Å². The first kappa shape index (κ1) is 41.2. The summed E-state index contributed by atoms with van der Waals surface area (Å²) in [4.78, 5) is 0. The van der Waals surface area contributed by atoms with E-state index in [4.69, 9.17) is 0 Å². The zero-order valence-corrected chi connectivity index (χ0v) is 38.0. The van der Waals surface area contributed by atoms with Gasteiger partial charge in [0.15, 0.2) is 0 Å². The van der Waals surface area contributed by atoms with Gasteiger partial charge in [0, 0.05) is 60.0 Å². The molecule has 0 aliphatic heterocycles. The van der Waals surface area contributed by atoms with Crippen molar-refractivity contribution in [3.05, 3.63) is 229 Å². The number of halogens is 3. The number of benzene rings is 10. The molecule has 6 nitrogen and oxygen atoms in total. The number of alkyl halides is 3. The van der Waals surface area contributed by atoms with Gasteiger partial charge in [-0.3, -0.25) is 0 Å². The van der Waals surface area contributed by atoms with Crippen LogP contribution in [0.5, 0.6) is 0 Å². The molecule has 14 rings (SSSR count). The summed E-state index contributed by atoms with van der Waals surface area (Å²) in [6.07, 6.45) is -4.74. The Morgan fingerprint density at radius 2 is 0.708 bits per heavy atom. The molecule has 9 heteroatoms. The second-order valence-electron chi connectivity index (χ2n) is 18.3. The van der Waals surface area contributed by atoms with Crippen LogP contribution in [0.4, 0.5) is 13.2 Å². The summed E-state index contributed by atoms with van der Waals surface area (Å²) in [5, 5.41) is 29.8. The molecule has 338 valence electrons. The van der Waals surface area contributed by atoms with Gasteiger partial charge in [-0.2, -0.15) is 23.7 Å². The van der Waals surface area contributed by atoms with Gasteiger partial charge in [-0.1, -0.05) is 109 Å². The van der Waals surface area contributed by atoms with E-state index in [1.165, 1.54) is 6.07 Å². The minimum Gasteiger partial charge on any atom is -0.309 e. The summed E-state index contributed by atoms with van der Waals surface area (Å²) < 4.78 is 53.2. The van der Waals surface area contributed by atoms with Gasteiger partial charge in [0.2, 0.25) is 0 Å². The van der Waals surface area contributed by atoms with E-state index in [0.717, 1.165) is 111 Å². The first-order chi connectivity index (χ1) is 35.3. The molecule has 72 heavy (non-hydrogen) atoms. The maximum Gasteiger partial charge on any atom is 0.416 e. The molecule has 0 aliphatic carbocycles. The first-order valence-electron chi connectivity index (χ1n) is 23.5. The molecule has 0 fully saturated rings. The fraction of sp³-hybridized carbons (Fsp3) is 0.0159. The number of nitriles is 2. The van der Waals surface area contributed by atoms with Crippen LogP contribution >= 0.6 is 0 Å². The Morgan fingerprint density at radius 1 is 0.333 bits per heavy atom. The van der Waals surface area contributed by atoms with Crippen LogP contribution in [0.15, 0.2) is 212 Å². The Hall–Kier alpha value is -9.83. The summed E-state index contributed by atoms with van der Waals surface area (Å²) >= 11 is 0. The van der Waals surface area contributed by atoms with Gasteiger partial charge in [0.05, 0.1) is 78.3 Å². The van der Waals surface area contributed by atoms with E-state index in [9.17, 15) is 23.7 Å². The highest BCUT2D eigenvalue weighted by Gasteiger charge is 2.32. The number of para-hydroxylation sites is 6. The molecule has 0 spiro atoms. The molecule has 0 atom stereocenters. The van der Waals surface area contributed by atoms with Gasteiger partial charge >= 0.3 is 6.18 Å². The Labute approximate surface area is 408 Å². The van der Waals surface area contributed by atoms with Crippen molar-refractivity contribution in [2.75, 3.05) is 0 Å². The molecular formula is C63H35F3N6. The second kappa shape index (κ2) is 15.3. The van der Waals surface area contributed by atoms with Gasteiger partial charge in [-0.05, 0) is 109 Å². The van der Waals surface area contributed by atoms with Crippen LogP contribution in [0.2, 0.25) is 0 Å². The fourth-order valence-electron chi connectivity index (χ4n) is 11.4. The lowest BCUT2D eigenvalue weighted by atomic mass is 9.95. The van der Waals surface area contributed by atoms with Crippen LogP contribution in [0.3, 0.4) is 0 Å². The minimum absolute atomic E-state index is 0.135. The van der Waals surface area contributed by atoms with Crippen LogP contribution < -0.4 is 0 Å². The fourth-order valence-corrected chi connectivity index (χ4v) is 11.4. The molecule has 0 saturated carbocycles. The predicted octanol–water partition coefficient (Wildman–Crippen LogP) is 16.5. The van der Waals surface area contributed by atoms with Crippen LogP contribution in [0.25, 0.3) is 121 Å². The van der Waals surface area contributed by atoms with Crippen molar-refractivity contribution in [1.82, 2.24) is 18.3 Å². The van der Waals surface area contributed by atoms with Crippen molar-refractivity contribution in [2.24, 2.45) is 0 Å². The average molecular weight is 933 g/mol. The maximum atomic E-state index is 14.9. The third-order valence-electron chi connectivity index (χ3n) is 14.4. The molecule has 0 amide bonds. The van der Waals surface area contributed by atoms with E-state index in [-0.39, 0.29) is 11.1 Å². The monoisotopic (exact) mass is 932 g/mol. The van der Waals surface area contributed by atoms with Crippen LogP contribution in [-0.2, 0) is 6.18 Å². The largest absolute Gasteiger partial charge is 0.416 e. The van der Waals surface area contributed by atoms with Gasteiger partial charge in [-0.15, -0.1) is 0 Å². The van der Waals surface area contributed by atoms with E-state index in [2.05, 4.69) is 100 Å². The summed E-state index contributed by atoms with van der Waals surface area (Å²) in [7, 11) is 0. The Balaban J connectivity index is 1.05. The normalized spacial score (nSPS) is 12.1. The SMILES string of the molecule is N#Cc1cc(-c2cc(-n3c4ccccc4c4cc(-n5c6ccccc6c6ccccc65)ccc43)c(C#N)cc2-n2c3ccccc3c3cc(-n4c5ccccc5c5ccccc54)ccc32)cc(C(F)(F)F)c1. The topological polar surface area (TPSA) is 67.3 Å². The highest BCUT2D eigenvalue weighted by molar-refractivity contribution is 6.14. The lowest BCUT2D eigenvalue weighted by molar-refractivity contribution is -0.137. The molecular weight excluding hydrogens is 898 g/mol. The zero-order valence-electron chi connectivity index (χ0n) is 38.0. The van der Waals surface area contributed by atoms with E-state index in [1.54, 1.807) is 6.07 Å². The standard InChI is InChI=1S/C63H35F3N6/c64-63(65,66)41-30-38(36-67)29-39(31-41)50-35-61(71-57-23-11-5-17-48(57)51-33-42(25-27-59(51)71)69-53-19-7-1-13-44(53)45-14-2-8-20-54(45)69)40(37-68)32-62(50)72-58-24-12-6-18-49(58)52-34-43(26-28-60(52)72)70-55-21-9-3-15-46(55)47-16-4-10-22-56(47)70/h1-35H. The lowest BCUT2D eigenvalue weighted by Gasteiger charge is -2.20. The van der Waals surface area contributed by atoms with Crippen molar-refractivity contribution in [2.45, 2.75) is 6.18 Å². The molecule has 0 saturated heterocycles. The third-order valence-corrected chi connectivity index (χ3v) is 14.4. The summed E-state index contributed by atoms with van der Waals surface area (Å²) in [6, 6.07) is 73.5. The molecule has 14 aromatic rings. The average Bonchev–Trinajstić information content (AvgIpc) is 4.15. The number of nitrogens with zero attached hydrogens (tertiary/aromatic N) is 6. The van der Waals surface area contributed by atoms with Gasteiger partial charge in [0.1, 0.15) is 6.07 Å². The highest BCUT2D eigenvalue weighted by atomic mass is 19.4. The van der Waals surface area contributed by atoms with Crippen LogP contribution in [-0.4, -0.2) is 18.3 Å². The van der Waals surface area contributed by atoms with Crippen molar-refractivity contribution >= 4 is 87.2 Å². The zero-order chi connectivity index (χ0) is 48.4. The quantitative estimate of drug-likeness (QED) is 0.173. The molecule has 0 radical (unpaired) electrons. The smallest absolute Gasteiger partial charge is 0.309 e. The number of aromatic nitrogens is 4. The minimum atomic E-state index is -4.74. The highest BCUT2D eigenvalue weighted by Crippen LogP contribution is 2.44. The van der Waals surface area contributed by atoms with E-state index in [0.29, 0.717) is 22.5 Å². The summed E-state index contributed by atoms with van der Waals surface area (Å²) in [5.41, 5.74) is 10.2. The summed E-state index contributed by atoms with van der Waals surface area (Å²) in [6.45, 7) is 0. The molecule has 0 unspecified atom stereocenters. The molecule has 0 bridgehead atoms. The number of hydrogen-bond acceptors (Lipinski definition) is 2. The third kappa shape index (κ3) is 5.95. The number of hydrogen-bond donors (Lipinski definition) is 0. The summed E-state index contributed by atoms with van der Waals surface area (Å²) in [5.74, 6) is 0. The molecule has 4 heterocycles. The van der Waals surface area contributed by atoms with E-state index in [1.807, 2.05) is 118 Å². The van der Waals surface area contributed by atoms with E-state index < -0.39 is 11.7 Å². The van der Waals surface area contributed by atoms with Crippen molar-refractivity contribution in [1.29, 1.82) is 10.5 Å². The number of rotatable bonds is 5. The van der Waals surface area contributed by atoms with Crippen molar-refractivity contribution < 1.29 is 13.2 Å². The first-order valence-corrected chi connectivity index (χ1v) is 23.5. The second-order valence-corrected chi connectivity index (χ2v) is 18.3.